The first kappa shape index (κ1) is 16.6. The van der Waals surface area contributed by atoms with Crippen molar-refractivity contribution in [1.29, 1.82) is 0 Å². The van der Waals surface area contributed by atoms with Crippen LogP contribution in [0.3, 0.4) is 0 Å². The van der Waals surface area contributed by atoms with Crippen LogP contribution in [0.2, 0.25) is 6.32 Å². The minimum Gasteiger partial charge on any atom is -0.427 e. The second-order valence-corrected chi connectivity index (χ2v) is 8.57. The zero-order chi connectivity index (χ0) is 15.9. The van der Waals surface area contributed by atoms with Gasteiger partial charge in [-0.2, -0.15) is 17.0 Å². The van der Waals surface area contributed by atoms with Crippen LogP contribution in [0.15, 0.2) is 0 Å². The molecule has 10 heteroatoms. The van der Waals surface area contributed by atoms with Crippen molar-refractivity contribution in [3.05, 3.63) is 0 Å². The van der Waals surface area contributed by atoms with Crippen LogP contribution in [0, 0.1) is 5.92 Å². The molecule has 0 amide bonds. The predicted octanol–water partition coefficient (Wildman–Crippen LogP) is -2.26. The zero-order valence-electron chi connectivity index (χ0n) is 12.7. The lowest BCUT2D eigenvalue weighted by Crippen LogP contribution is -2.69. The van der Waals surface area contributed by atoms with E-state index in [9.17, 15) is 8.42 Å². The Kier molecular flexibility index (Phi) is 4.80. The van der Waals surface area contributed by atoms with Crippen molar-refractivity contribution in [2.45, 2.75) is 31.2 Å². The molecule has 4 aliphatic rings. The molecule has 0 aromatic rings. The lowest BCUT2D eigenvalue weighted by molar-refractivity contribution is 0.0205. The lowest BCUT2D eigenvalue weighted by Gasteiger charge is -2.51. The van der Waals surface area contributed by atoms with Gasteiger partial charge >= 0.3 is 7.12 Å². The molecule has 4 rings (SSSR count). The molecule has 0 unspecified atom stereocenters. The quantitative estimate of drug-likeness (QED) is 0.474. The first-order chi connectivity index (χ1) is 10.4. The number of hydrogen-bond acceptors (Lipinski definition) is 6. The second kappa shape index (κ2) is 6.35. The van der Waals surface area contributed by atoms with Gasteiger partial charge in [-0.15, -0.1) is 0 Å². The van der Waals surface area contributed by atoms with E-state index >= 15 is 0 Å². The monoisotopic (exact) mass is 332 g/mol. The summed E-state index contributed by atoms with van der Waals surface area (Å²) in [6, 6.07) is -0.0492. The molecule has 2 bridgehead atoms. The smallest absolute Gasteiger partial charge is 0.427 e. The Morgan fingerprint density at radius 3 is 2.45 bits per heavy atom. The Morgan fingerprint density at radius 2 is 1.86 bits per heavy atom. The summed E-state index contributed by atoms with van der Waals surface area (Å²) in [5.41, 5.74) is 6.10. The molecule has 0 spiro atoms. The fraction of sp³-hybridized carbons (Fsp3) is 1.00. The molecule has 4 fully saturated rings. The largest absolute Gasteiger partial charge is 0.451 e. The van der Waals surface area contributed by atoms with E-state index in [0.717, 1.165) is 26.1 Å². The van der Waals surface area contributed by atoms with E-state index in [0.29, 0.717) is 32.4 Å². The van der Waals surface area contributed by atoms with Crippen LogP contribution < -0.4 is 5.73 Å². The molecular weight excluding hydrogens is 307 g/mol. The van der Waals surface area contributed by atoms with Crippen molar-refractivity contribution in [2.24, 2.45) is 11.7 Å². The van der Waals surface area contributed by atoms with Crippen LogP contribution in [0.1, 0.15) is 12.8 Å². The Morgan fingerprint density at radius 1 is 1.14 bits per heavy atom. The van der Waals surface area contributed by atoms with Gasteiger partial charge in [-0.3, -0.25) is 4.90 Å². The van der Waals surface area contributed by atoms with Crippen molar-refractivity contribution in [3.63, 3.8) is 0 Å². The first-order valence-electron chi connectivity index (χ1n) is 7.99. The highest BCUT2D eigenvalue weighted by molar-refractivity contribution is 7.86. The van der Waals surface area contributed by atoms with Gasteiger partial charge in [0, 0.05) is 45.3 Å². The molecule has 4 aliphatic heterocycles. The fourth-order valence-corrected chi connectivity index (χ4v) is 5.55. The third-order valence-electron chi connectivity index (χ3n) is 5.10. The summed E-state index contributed by atoms with van der Waals surface area (Å²) in [7, 11) is -4.72. The van der Waals surface area contributed by atoms with Crippen molar-refractivity contribution < 1.29 is 18.5 Å². The predicted molar refractivity (Wildman–Crippen MR) is 83.1 cm³/mol. The van der Waals surface area contributed by atoms with Crippen molar-refractivity contribution in [1.82, 2.24) is 13.5 Å². The van der Waals surface area contributed by atoms with E-state index < -0.39 is 17.3 Å². The highest BCUT2D eigenvalue weighted by Crippen LogP contribution is 2.29. The topological polar surface area (TPSA) is 110 Å². The van der Waals surface area contributed by atoms with Gasteiger partial charge in [0.15, 0.2) is 0 Å². The Balaban J connectivity index is 1.58. The molecule has 22 heavy (non-hydrogen) atoms. The molecule has 0 saturated carbocycles. The normalized spacial score (nSPS) is 36.3. The molecule has 8 nitrogen and oxygen atoms in total. The van der Waals surface area contributed by atoms with Gasteiger partial charge < -0.3 is 15.8 Å². The summed E-state index contributed by atoms with van der Waals surface area (Å²) in [5.74, 6) is 0.0937. The molecule has 4 heterocycles. The van der Waals surface area contributed by atoms with Gasteiger partial charge in [0.05, 0.1) is 6.04 Å². The van der Waals surface area contributed by atoms with Gasteiger partial charge in [0.25, 0.3) is 10.2 Å². The number of rotatable bonds is 6. The van der Waals surface area contributed by atoms with Gasteiger partial charge in [-0.05, 0) is 18.7 Å². The SMILES string of the molecule is N[C@H]1CN(S(=O)(=O)N2CCN3CC2C3)C[C@@H]1CCCB(O)O. The fourth-order valence-electron chi connectivity index (χ4n) is 3.69. The molecule has 0 aromatic heterocycles. The summed E-state index contributed by atoms with van der Waals surface area (Å²) in [6.45, 7) is 3.88. The maximum Gasteiger partial charge on any atom is 0.451 e. The molecule has 4 N–H and O–H groups in total. The van der Waals surface area contributed by atoms with E-state index in [4.69, 9.17) is 15.8 Å². The molecule has 0 aliphatic carbocycles. The van der Waals surface area contributed by atoms with Crippen LogP contribution in [0.25, 0.3) is 0 Å². The molecule has 4 saturated heterocycles. The number of hydrogen-bond donors (Lipinski definition) is 3. The highest BCUT2D eigenvalue weighted by atomic mass is 32.2. The second-order valence-electron chi connectivity index (χ2n) is 6.68. The summed E-state index contributed by atoms with van der Waals surface area (Å²) < 4.78 is 28.7. The van der Waals surface area contributed by atoms with E-state index in [2.05, 4.69) is 4.90 Å². The van der Waals surface area contributed by atoms with E-state index in [-0.39, 0.29) is 18.0 Å². The maximum absolute atomic E-state index is 12.8. The third kappa shape index (κ3) is 3.19. The molecule has 0 aromatic carbocycles. The van der Waals surface area contributed by atoms with Gasteiger partial charge in [-0.25, -0.2) is 0 Å². The summed E-state index contributed by atoms with van der Waals surface area (Å²) in [4.78, 5) is 2.26. The number of fused-ring (bicyclic) bond motifs is 2. The van der Waals surface area contributed by atoms with E-state index in [1.165, 1.54) is 4.31 Å². The Bertz CT molecular complexity index is 497. The van der Waals surface area contributed by atoms with Crippen LogP contribution in [0.5, 0.6) is 0 Å². The average Bonchev–Trinajstić information content (AvgIpc) is 2.80. The van der Waals surface area contributed by atoms with Crippen molar-refractivity contribution in [3.8, 4) is 0 Å². The van der Waals surface area contributed by atoms with Crippen LogP contribution in [-0.2, 0) is 10.2 Å². The summed E-state index contributed by atoms with van der Waals surface area (Å²) >= 11 is 0. The van der Waals surface area contributed by atoms with E-state index in [1.807, 2.05) is 0 Å². The molecule has 2 atom stereocenters. The van der Waals surface area contributed by atoms with Crippen molar-refractivity contribution >= 4 is 17.3 Å². The third-order valence-corrected chi connectivity index (χ3v) is 7.12. The Hall–Kier alpha value is -0.225. The Labute approximate surface area is 132 Å². The molecular formula is C12H25BN4O4S. The van der Waals surface area contributed by atoms with Crippen LogP contribution >= 0.6 is 0 Å². The average molecular weight is 332 g/mol. The summed E-state index contributed by atoms with van der Waals surface area (Å²) in [5, 5.41) is 17.8. The zero-order valence-corrected chi connectivity index (χ0v) is 13.5. The number of nitrogens with zero attached hydrogens (tertiary/aromatic N) is 3. The molecule has 126 valence electrons. The first-order valence-corrected chi connectivity index (χ1v) is 9.38. The van der Waals surface area contributed by atoms with Gasteiger partial charge in [-0.1, -0.05) is 6.42 Å². The standard InChI is InChI=1S/C12H25BN4O4S/c14-12-9-16(6-10(12)2-1-3-13(18)19)22(20,21)17-5-4-15-7-11(17)8-15/h10-12,18-19H,1-9,14H2/t10-,12-/m0/s1. The highest BCUT2D eigenvalue weighted by Gasteiger charge is 2.47. The van der Waals surface area contributed by atoms with Crippen LogP contribution in [-0.4, -0.2) is 90.4 Å². The number of nitrogens with two attached hydrogens (primary N) is 1. The van der Waals surface area contributed by atoms with Gasteiger partial charge in [0.2, 0.25) is 0 Å². The number of piperazine rings is 2. The molecule has 0 radical (unpaired) electrons. The minimum absolute atomic E-state index is 0.0937. The van der Waals surface area contributed by atoms with Crippen molar-refractivity contribution in [2.75, 3.05) is 39.3 Å². The van der Waals surface area contributed by atoms with E-state index in [1.54, 1.807) is 4.31 Å². The van der Waals surface area contributed by atoms with Crippen LogP contribution in [0.4, 0.5) is 0 Å². The van der Waals surface area contributed by atoms with Gasteiger partial charge in [0.1, 0.15) is 0 Å². The summed E-state index contributed by atoms with van der Waals surface area (Å²) in [6.07, 6.45) is 1.67. The maximum atomic E-state index is 12.8. The lowest BCUT2D eigenvalue weighted by atomic mass is 9.82. The minimum atomic E-state index is -3.42.